The summed E-state index contributed by atoms with van der Waals surface area (Å²) in [6, 6.07) is 0. The molecule has 19 heavy (non-hydrogen) atoms. The maximum atomic E-state index is 13.6. The van der Waals surface area contributed by atoms with Crippen LogP contribution in [0, 0.1) is 17.5 Å². The molecule has 102 valence electrons. The zero-order valence-corrected chi connectivity index (χ0v) is 8.91. The lowest BCUT2D eigenvalue weighted by Gasteiger charge is -2.10. The van der Waals surface area contributed by atoms with Crippen LogP contribution in [0.5, 0.6) is 0 Å². The van der Waals surface area contributed by atoms with Crippen LogP contribution in [0.1, 0.15) is 26.3 Å². The second-order valence-electron chi connectivity index (χ2n) is 3.35. The normalized spacial score (nSPS) is 10.3. The predicted octanol–water partition coefficient (Wildman–Crippen LogP) is 1.13. The molecule has 0 atom stereocenters. The van der Waals surface area contributed by atoms with Crippen molar-refractivity contribution in [2.45, 2.75) is 6.42 Å². The Morgan fingerprint density at radius 2 is 1.21 bits per heavy atom. The molecule has 0 saturated carbocycles. The Balaban J connectivity index is 3.78. The van der Waals surface area contributed by atoms with Crippen LogP contribution in [0.15, 0.2) is 0 Å². The van der Waals surface area contributed by atoms with Crippen LogP contribution >= 0.6 is 0 Å². The molecule has 0 aromatic heterocycles. The summed E-state index contributed by atoms with van der Waals surface area (Å²) in [6.07, 6.45) is -1.32. The SMILES string of the molecule is O=C(O)Cc1c(F)c(F)c(C(=O)O)c(C(=O)O)c1F. The van der Waals surface area contributed by atoms with Crippen LogP contribution in [0.2, 0.25) is 0 Å². The van der Waals surface area contributed by atoms with Gasteiger partial charge in [-0.2, -0.15) is 0 Å². The molecule has 0 heterocycles. The number of aliphatic carboxylic acids is 1. The van der Waals surface area contributed by atoms with Gasteiger partial charge in [0.25, 0.3) is 0 Å². The van der Waals surface area contributed by atoms with Crippen molar-refractivity contribution in [3.05, 3.63) is 34.1 Å². The zero-order valence-electron chi connectivity index (χ0n) is 8.91. The van der Waals surface area contributed by atoms with Crippen LogP contribution in [-0.4, -0.2) is 33.2 Å². The number of carboxylic acid groups (broad SMARTS) is 3. The second kappa shape index (κ2) is 4.96. The van der Waals surface area contributed by atoms with Gasteiger partial charge in [0.05, 0.1) is 6.42 Å². The molecule has 0 unspecified atom stereocenters. The molecule has 1 rings (SSSR count). The highest BCUT2D eigenvalue weighted by Gasteiger charge is 2.32. The summed E-state index contributed by atoms with van der Waals surface area (Å²) in [6.45, 7) is 0. The fraction of sp³-hybridized carbons (Fsp3) is 0.100. The average Bonchev–Trinajstić information content (AvgIpc) is 2.27. The monoisotopic (exact) mass is 278 g/mol. The van der Waals surface area contributed by atoms with Gasteiger partial charge in [-0.3, -0.25) is 4.79 Å². The highest BCUT2D eigenvalue weighted by Crippen LogP contribution is 2.26. The fourth-order valence-electron chi connectivity index (χ4n) is 1.42. The molecule has 1 aromatic rings. The smallest absolute Gasteiger partial charge is 0.339 e. The Kier molecular flexibility index (Phi) is 3.78. The lowest BCUT2D eigenvalue weighted by molar-refractivity contribution is -0.136. The van der Waals surface area contributed by atoms with Gasteiger partial charge < -0.3 is 15.3 Å². The first-order valence-electron chi connectivity index (χ1n) is 4.56. The molecule has 0 aliphatic carbocycles. The van der Waals surface area contributed by atoms with Gasteiger partial charge in [-0.25, -0.2) is 22.8 Å². The van der Waals surface area contributed by atoms with E-state index < -0.39 is 58.5 Å². The number of aromatic carboxylic acids is 2. The Bertz CT molecular complexity index is 596. The minimum atomic E-state index is -2.19. The van der Waals surface area contributed by atoms with E-state index in [1.54, 1.807) is 0 Å². The Morgan fingerprint density at radius 3 is 1.58 bits per heavy atom. The lowest BCUT2D eigenvalue weighted by Crippen LogP contribution is -2.19. The molecule has 6 nitrogen and oxygen atoms in total. The van der Waals surface area contributed by atoms with E-state index in [0.717, 1.165) is 0 Å². The number of rotatable bonds is 4. The summed E-state index contributed by atoms with van der Waals surface area (Å²) < 4.78 is 40.4. The third-order valence-corrected chi connectivity index (χ3v) is 2.17. The van der Waals surface area contributed by atoms with E-state index in [1.165, 1.54) is 0 Å². The van der Waals surface area contributed by atoms with Gasteiger partial charge >= 0.3 is 17.9 Å². The van der Waals surface area contributed by atoms with Gasteiger partial charge in [0.15, 0.2) is 11.6 Å². The standard InChI is InChI=1S/C10H5F3O6/c11-6-2(1-3(14)15)7(12)8(13)5(10(18)19)4(6)9(16)17/h1H2,(H,14,15)(H,16,17)(H,18,19). The predicted molar refractivity (Wildman–Crippen MR) is 51.6 cm³/mol. The van der Waals surface area contributed by atoms with Crippen LogP contribution < -0.4 is 0 Å². The maximum Gasteiger partial charge on any atom is 0.339 e. The number of benzene rings is 1. The Hall–Kier alpha value is -2.58. The maximum absolute atomic E-state index is 13.6. The molecular formula is C10H5F3O6. The third kappa shape index (κ3) is 2.49. The second-order valence-corrected chi connectivity index (χ2v) is 3.35. The first-order chi connectivity index (χ1) is 8.68. The summed E-state index contributed by atoms with van der Waals surface area (Å²) >= 11 is 0. The van der Waals surface area contributed by atoms with Crippen molar-refractivity contribution in [1.29, 1.82) is 0 Å². The molecule has 0 spiro atoms. The van der Waals surface area contributed by atoms with Crippen molar-refractivity contribution in [1.82, 2.24) is 0 Å². The average molecular weight is 278 g/mol. The van der Waals surface area contributed by atoms with Crippen molar-refractivity contribution in [3.8, 4) is 0 Å². The van der Waals surface area contributed by atoms with Gasteiger partial charge in [-0.05, 0) is 0 Å². The van der Waals surface area contributed by atoms with Crippen LogP contribution in [-0.2, 0) is 11.2 Å². The molecule has 0 radical (unpaired) electrons. The summed E-state index contributed by atoms with van der Waals surface area (Å²) in [5, 5.41) is 25.6. The number of halogens is 3. The summed E-state index contributed by atoms with van der Waals surface area (Å²) in [5.74, 6) is -12.2. The van der Waals surface area contributed by atoms with Crippen molar-refractivity contribution in [3.63, 3.8) is 0 Å². The van der Waals surface area contributed by atoms with Crippen LogP contribution in [0.25, 0.3) is 0 Å². The van der Waals surface area contributed by atoms with Crippen LogP contribution in [0.4, 0.5) is 13.2 Å². The van der Waals surface area contributed by atoms with Gasteiger partial charge in [0.2, 0.25) is 0 Å². The van der Waals surface area contributed by atoms with Gasteiger partial charge in [-0.1, -0.05) is 0 Å². The van der Waals surface area contributed by atoms with E-state index in [0.29, 0.717) is 0 Å². The molecule has 0 aliphatic heterocycles. The van der Waals surface area contributed by atoms with E-state index in [4.69, 9.17) is 15.3 Å². The molecule has 3 N–H and O–H groups in total. The number of carboxylic acids is 3. The topological polar surface area (TPSA) is 112 Å². The molecule has 0 amide bonds. The first kappa shape index (κ1) is 14.5. The highest BCUT2D eigenvalue weighted by atomic mass is 19.2. The van der Waals surface area contributed by atoms with Gasteiger partial charge in [0, 0.05) is 5.56 Å². The molecule has 0 saturated heterocycles. The lowest BCUT2D eigenvalue weighted by atomic mass is 9.99. The van der Waals surface area contributed by atoms with E-state index in [-0.39, 0.29) is 0 Å². The van der Waals surface area contributed by atoms with E-state index in [9.17, 15) is 27.6 Å². The highest BCUT2D eigenvalue weighted by molar-refractivity contribution is 6.02. The van der Waals surface area contributed by atoms with Crippen molar-refractivity contribution in [2.24, 2.45) is 0 Å². The molecule has 0 bridgehead atoms. The molecule has 1 aromatic carbocycles. The summed E-state index contributed by atoms with van der Waals surface area (Å²) in [4.78, 5) is 31.7. The number of carbonyl (C=O) groups is 3. The number of hydrogen-bond acceptors (Lipinski definition) is 3. The van der Waals surface area contributed by atoms with E-state index in [2.05, 4.69) is 0 Å². The zero-order chi connectivity index (χ0) is 14.9. The molecule has 0 fully saturated rings. The van der Waals surface area contributed by atoms with Gasteiger partial charge in [-0.15, -0.1) is 0 Å². The minimum Gasteiger partial charge on any atom is -0.481 e. The van der Waals surface area contributed by atoms with E-state index >= 15 is 0 Å². The molecule has 0 aliphatic rings. The van der Waals surface area contributed by atoms with Crippen molar-refractivity contribution in [2.75, 3.05) is 0 Å². The first-order valence-corrected chi connectivity index (χ1v) is 4.56. The van der Waals surface area contributed by atoms with Gasteiger partial charge in [0.1, 0.15) is 16.9 Å². The fourth-order valence-corrected chi connectivity index (χ4v) is 1.42. The summed E-state index contributed by atoms with van der Waals surface area (Å²) in [7, 11) is 0. The minimum absolute atomic E-state index is 1.32. The molecular weight excluding hydrogens is 273 g/mol. The Labute approximate surface area is 102 Å². The quantitative estimate of drug-likeness (QED) is 0.712. The van der Waals surface area contributed by atoms with E-state index in [1.807, 2.05) is 0 Å². The third-order valence-electron chi connectivity index (χ3n) is 2.17. The molecule has 9 heteroatoms. The van der Waals surface area contributed by atoms with Crippen molar-refractivity contribution >= 4 is 17.9 Å². The number of hydrogen-bond donors (Lipinski definition) is 3. The summed E-state index contributed by atoms with van der Waals surface area (Å²) in [5.41, 5.74) is -4.67. The van der Waals surface area contributed by atoms with Crippen molar-refractivity contribution < 1.29 is 42.9 Å². The Morgan fingerprint density at radius 1 is 0.789 bits per heavy atom. The largest absolute Gasteiger partial charge is 0.481 e. The van der Waals surface area contributed by atoms with Crippen LogP contribution in [0.3, 0.4) is 0 Å².